The van der Waals surface area contributed by atoms with E-state index in [4.69, 9.17) is 4.74 Å². The molecule has 0 saturated heterocycles. The second-order valence-corrected chi connectivity index (χ2v) is 3.66. The molecule has 0 heterocycles. The maximum atomic E-state index is 12.5. The maximum absolute atomic E-state index is 12.5. The Morgan fingerprint density at radius 2 is 2.14 bits per heavy atom. The molecule has 1 nitrogen and oxygen atoms in total. The number of hydrogen-bond donors (Lipinski definition) is 0. The Balaban J connectivity index is 2.72. The highest BCUT2D eigenvalue weighted by molar-refractivity contribution is 5.27. The lowest BCUT2D eigenvalue weighted by molar-refractivity contribution is -0.199. The molecule has 0 radical (unpaired) electrons. The predicted molar refractivity (Wildman–Crippen MR) is 47.9 cm³/mol. The van der Waals surface area contributed by atoms with Crippen molar-refractivity contribution in [2.24, 2.45) is 5.41 Å². The van der Waals surface area contributed by atoms with Crippen molar-refractivity contribution >= 4 is 0 Å². The van der Waals surface area contributed by atoms with E-state index in [1.165, 1.54) is 26.2 Å². The SMILES string of the molecule is COCC1=CCC(C)(C(F)(F)F)C=C1. The first kappa shape index (κ1) is 11.3. The van der Waals surface area contributed by atoms with Crippen LogP contribution in [0.1, 0.15) is 13.3 Å². The van der Waals surface area contributed by atoms with Crippen LogP contribution in [-0.4, -0.2) is 19.9 Å². The van der Waals surface area contributed by atoms with Gasteiger partial charge in [-0.25, -0.2) is 0 Å². The fraction of sp³-hybridized carbons (Fsp3) is 0.600. The molecule has 0 aliphatic heterocycles. The average Bonchev–Trinajstić information content (AvgIpc) is 2.08. The number of alkyl halides is 3. The van der Waals surface area contributed by atoms with Gasteiger partial charge in [0.05, 0.1) is 12.0 Å². The van der Waals surface area contributed by atoms with E-state index in [1.807, 2.05) is 0 Å². The Morgan fingerprint density at radius 1 is 1.50 bits per heavy atom. The Kier molecular flexibility index (Phi) is 3.04. The molecular weight excluding hydrogens is 193 g/mol. The van der Waals surface area contributed by atoms with E-state index in [1.54, 1.807) is 6.08 Å². The van der Waals surface area contributed by atoms with Crippen LogP contribution in [0.3, 0.4) is 0 Å². The quantitative estimate of drug-likeness (QED) is 0.674. The van der Waals surface area contributed by atoms with Crippen molar-refractivity contribution < 1.29 is 17.9 Å². The van der Waals surface area contributed by atoms with E-state index in [0.29, 0.717) is 6.61 Å². The first-order chi connectivity index (χ1) is 6.39. The molecule has 1 unspecified atom stereocenters. The van der Waals surface area contributed by atoms with E-state index < -0.39 is 11.6 Å². The standard InChI is InChI=1S/C10H13F3O/c1-9(10(11,12)13)5-3-8(4-6-9)7-14-2/h3-5H,6-7H2,1-2H3. The normalized spacial score (nSPS) is 27.6. The molecule has 0 amide bonds. The highest BCUT2D eigenvalue weighted by Crippen LogP contribution is 2.44. The molecule has 14 heavy (non-hydrogen) atoms. The van der Waals surface area contributed by atoms with Crippen molar-refractivity contribution in [3.63, 3.8) is 0 Å². The van der Waals surface area contributed by atoms with Crippen molar-refractivity contribution in [3.8, 4) is 0 Å². The Bertz CT molecular complexity index is 265. The Hall–Kier alpha value is -0.770. The van der Waals surface area contributed by atoms with Crippen molar-refractivity contribution in [1.29, 1.82) is 0 Å². The molecule has 0 aromatic carbocycles. The summed E-state index contributed by atoms with van der Waals surface area (Å²) in [6.07, 6.45) is 0.0864. The van der Waals surface area contributed by atoms with Crippen LogP contribution in [0, 0.1) is 5.41 Å². The highest BCUT2D eigenvalue weighted by atomic mass is 19.4. The lowest BCUT2D eigenvalue weighted by atomic mass is 9.81. The molecule has 80 valence electrons. The number of allylic oxidation sites excluding steroid dienone is 2. The van der Waals surface area contributed by atoms with Gasteiger partial charge >= 0.3 is 6.18 Å². The van der Waals surface area contributed by atoms with Crippen LogP contribution in [0.5, 0.6) is 0 Å². The third kappa shape index (κ3) is 2.18. The van der Waals surface area contributed by atoms with E-state index in [0.717, 1.165) is 5.57 Å². The summed E-state index contributed by atoms with van der Waals surface area (Å²) in [6, 6.07) is 0. The number of hydrogen-bond acceptors (Lipinski definition) is 1. The van der Waals surface area contributed by atoms with Crippen LogP contribution in [-0.2, 0) is 4.74 Å². The van der Waals surface area contributed by atoms with Crippen molar-refractivity contribution in [3.05, 3.63) is 23.8 Å². The molecule has 0 fully saturated rings. The van der Waals surface area contributed by atoms with Gasteiger partial charge in [-0.2, -0.15) is 13.2 Å². The molecule has 0 saturated carbocycles. The number of ether oxygens (including phenoxy) is 1. The predicted octanol–water partition coefficient (Wildman–Crippen LogP) is 3.09. The van der Waals surface area contributed by atoms with Gasteiger partial charge in [0.1, 0.15) is 0 Å². The topological polar surface area (TPSA) is 9.23 Å². The summed E-state index contributed by atoms with van der Waals surface area (Å²) in [5.74, 6) is 0. The fourth-order valence-electron chi connectivity index (χ4n) is 1.25. The summed E-state index contributed by atoms with van der Waals surface area (Å²) in [7, 11) is 1.52. The summed E-state index contributed by atoms with van der Waals surface area (Å²) in [5.41, 5.74) is -0.918. The second-order valence-electron chi connectivity index (χ2n) is 3.66. The third-order valence-electron chi connectivity index (χ3n) is 2.41. The van der Waals surface area contributed by atoms with Crippen molar-refractivity contribution in [2.45, 2.75) is 19.5 Å². The van der Waals surface area contributed by atoms with Crippen molar-refractivity contribution in [2.75, 3.05) is 13.7 Å². The van der Waals surface area contributed by atoms with Gasteiger partial charge in [0.2, 0.25) is 0 Å². The molecule has 4 heteroatoms. The molecule has 0 aromatic rings. The van der Waals surface area contributed by atoms with Crippen LogP contribution in [0.15, 0.2) is 23.8 Å². The van der Waals surface area contributed by atoms with Crippen LogP contribution in [0.2, 0.25) is 0 Å². The van der Waals surface area contributed by atoms with Gasteiger partial charge in [-0.15, -0.1) is 0 Å². The van der Waals surface area contributed by atoms with Gasteiger partial charge < -0.3 is 4.74 Å². The van der Waals surface area contributed by atoms with Gasteiger partial charge in [0, 0.05) is 7.11 Å². The molecule has 0 bridgehead atoms. The molecule has 0 N–H and O–H groups in total. The maximum Gasteiger partial charge on any atom is 0.397 e. The average molecular weight is 206 g/mol. The van der Waals surface area contributed by atoms with Gasteiger partial charge in [0.25, 0.3) is 0 Å². The summed E-state index contributed by atoms with van der Waals surface area (Å²) in [5, 5.41) is 0. The van der Waals surface area contributed by atoms with Crippen LogP contribution >= 0.6 is 0 Å². The van der Waals surface area contributed by atoms with Crippen LogP contribution in [0.4, 0.5) is 13.2 Å². The van der Waals surface area contributed by atoms with Gasteiger partial charge in [-0.1, -0.05) is 18.2 Å². The van der Waals surface area contributed by atoms with E-state index in [-0.39, 0.29) is 6.42 Å². The fourth-order valence-corrected chi connectivity index (χ4v) is 1.25. The van der Waals surface area contributed by atoms with Gasteiger partial charge in [-0.05, 0) is 18.9 Å². The van der Waals surface area contributed by atoms with E-state index >= 15 is 0 Å². The van der Waals surface area contributed by atoms with Crippen LogP contribution < -0.4 is 0 Å². The first-order valence-electron chi connectivity index (χ1n) is 4.33. The highest BCUT2D eigenvalue weighted by Gasteiger charge is 2.48. The largest absolute Gasteiger partial charge is 0.397 e. The molecular formula is C10H13F3O. The number of methoxy groups -OCH3 is 1. The lowest BCUT2D eigenvalue weighted by Gasteiger charge is -2.30. The molecule has 1 atom stereocenters. The summed E-state index contributed by atoms with van der Waals surface area (Å²) >= 11 is 0. The minimum atomic E-state index is -4.18. The number of rotatable bonds is 2. The van der Waals surface area contributed by atoms with Gasteiger partial charge in [-0.3, -0.25) is 0 Å². The minimum Gasteiger partial charge on any atom is -0.380 e. The molecule has 1 aliphatic carbocycles. The van der Waals surface area contributed by atoms with E-state index in [2.05, 4.69) is 0 Å². The van der Waals surface area contributed by atoms with E-state index in [9.17, 15) is 13.2 Å². The summed E-state index contributed by atoms with van der Waals surface area (Å²) in [6.45, 7) is 1.56. The zero-order chi connectivity index (χ0) is 10.8. The number of halogens is 3. The van der Waals surface area contributed by atoms with Gasteiger partial charge in [0.15, 0.2) is 0 Å². The molecule has 1 rings (SSSR count). The van der Waals surface area contributed by atoms with Crippen molar-refractivity contribution in [1.82, 2.24) is 0 Å². The van der Waals surface area contributed by atoms with Crippen LogP contribution in [0.25, 0.3) is 0 Å². The smallest absolute Gasteiger partial charge is 0.380 e. The lowest BCUT2D eigenvalue weighted by Crippen LogP contribution is -2.34. The molecule has 1 aliphatic rings. The molecule has 0 aromatic heterocycles. The summed E-state index contributed by atoms with van der Waals surface area (Å²) in [4.78, 5) is 0. The second kappa shape index (κ2) is 3.77. The Morgan fingerprint density at radius 3 is 2.50 bits per heavy atom. The third-order valence-corrected chi connectivity index (χ3v) is 2.41. The minimum absolute atomic E-state index is 0.00824. The zero-order valence-electron chi connectivity index (χ0n) is 8.19. The first-order valence-corrected chi connectivity index (χ1v) is 4.33. The Labute approximate surface area is 81.2 Å². The molecule has 0 spiro atoms. The monoisotopic (exact) mass is 206 g/mol. The zero-order valence-corrected chi connectivity index (χ0v) is 8.19. The summed E-state index contributed by atoms with van der Waals surface area (Å²) < 4.78 is 42.4.